The maximum Gasteiger partial charge on any atom is 0.254 e. The number of nitrogens with zero attached hydrogens (tertiary/aromatic N) is 2. The second kappa shape index (κ2) is 11.0. The number of sulfonamides is 1. The molecule has 6 heteroatoms. The molecule has 34 heavy (non-hydrogen) atoms. The van der Waals surface area contributed by atoms with Crippen LogP contribution in [0.1, 0.15) is 52.7 Å². The first-order valence-electron chi connectivity index (χ1n) is 11.9. The van der Waals surface area contributed by atoms with E-state index in [4.69, 9.17) is 0 Å². The predicted molar refractivity (Wildman–Crippen MR) is 135 cm³/mol. The monoisotopic (exact) mass is 476 g/mol. The van der Waals surface area contributed by atoms with Gasteiger partial charge in [0.05, 0.1) is 4.90 Å². The van der Waals surface area contributed by atoms with E-state index in [1.54, 1.807) is 27.4 Å². The zero-order chi connectivity index (χ0) is 24.0. The van der Waals surface area contributed by atoms with Crippen molar-refractivity contribution in [3.8, 4) is 0 Å². The Hall–Kier alpha value is -2.96. The number of rotatable bonds is 7. The average molecular weight is 477 g/mol. The summed E-state index contributed by atoms with van der Waals surface area (Å²) in [6.07, 6.45) is 3.85. The molecule has 3 aromatic rings. The number of carbonyl (C=O) groups is 1. The summed E-state index contributed by atoms with van der Waals surface area (Å²) in [5.41, 5.74) is 3.25. The molecule has 1 aliphatic rings. The lowest BCUT2D eigenvalue weighted by Gasteiger charge is -2.25. The predicted octanol–water partition coefficient (Wildman–Crippen LogP) is 5.40. The van der Waals surface area contributed by atoms with Gasteiger partial charge in [0.25, 0.3) is 5.91 Å². The van der Waals surface area contributed by atoms with Crippen molar-refractivity contribution in [2.45, 2.75) is 50.6 Å². The molecule has 0 N–H and O–H groups in total. The highest BCUT2D eigenvalue weighted by Gasteiger charge is 2.27. The molecule has 0 bridgehead atoms. The van der Waals surface area contributed by atoms with Crippen LogP contribution in [0.25, 0.3) is 0 Å². The number of carbonyl (C=O) groups excluding carboxylic acids is 1. The summed E-state index contributed by atoms with van der Waals surface area (Å²) >= 11 is 0. The largest absolute Gasteiger partial charge is 0.330 e. The fraction of sp³-hybridized carbons (Fsp3) is 0.321. The van der Waals surface area contributed by atoms with Crippen molar-refractivity contribution in [3.05, 3.63) is 101 Å². The van der Waals surface area contributed by atoms with Crippen LogP contribution < -0.4 is 0 Å². The molecule has 1 amide bonds. The van der Waals surface area contributed by atoms with Crippen molar-refractivity contribution in [1.29, 1.82) is 0 Å². The lowest BCUT2D eigenvalue weighted by Crippen LogP contribution is -2.33. The first-order valence-corrected chi connectivity index (χ1v) is 13.4. The molecule has 3 aromatic carbocycles. The highest BCUT2D eigenvalue weighted by Crippen LogP contribution is 2.24. The van der Waals surface area contributed by atoms with Crippen LogP contribution in [0.2, 0.25) is 0 Å². The highest BCUT2D eigenvalue weighted by atomic mass is 32.2. The molecule has 0 aliphatic carbocycles. The third-order valence-corrected chi connectivity index (χ3v) is 8.26. The fourth-order valence-electron chi connectivity index (χ4n) is 4.40. The smallest absolute Gasteiger partial charge is 0.254 e. The van der Waals surface area contributed by atoms with E-state index in [-0.39, 0.29) is 10.8 Å². The Bertz CT molecular complexity index is 1160. The summed E-state index contributed by atoms with van der Waals surface area (Å²) in [4.78, 5) is 15.8. The van der Waals surface area contributed by atoms with Crippen LogP contribution in [0.3, 0.4) is 0 Å². The van der Waals surface area contributed by atoms with Crippen LogP contribution in [0, 0.1) is 6.92 Å². The van der Waals surface area contributed by atoms with E-state index in [2.05, 4.69) is 0 Å². The SMILES string of the molecule is Cc1ccc(S(=O)(=O)N2CCCCCC2)cc1C(=O)N(Cc1ccccc1)Cc1ccccc1. The molecule has 1 heterocycles. The fourth-order valence-corrected chi connectivity index (χ4v) is 5.94. The molecule has 0 saturated carbocycles. The topological polar surface area (TPSA) is 57.7 Å². The van der Waals surface area contributed by atoms with E-state index in [1.165, 1.54) is 0 Å². The van der Waals surface area contributed by atoms with Gasteiger partial charge in [0.1, 0.15) is 0 Å². The van der Waals surface area contributed by atoms with Gasteiger partial charge in [-0.2, -0.15) is 4.31 Å². The molecule has 0 radical (unpaired) electrons. The number of benzene rings is 3. The van der Waals surface area contributed by atoms with E-state index in [1.807, 2.05) is 67.6 Å². The number of aryl methyl sites for hydroxylation is 1. The normalized spacial score (nSPS) is 15.0. The van der Waals surface area contributed by atoms with Gasteiger partial charge in [-0.3, -0.25) is 4.79 Å². The summed E-state index contributed by atoms with van der Waals surface area (Å²) in [5.74, 6) is -0.168. The van der Waals surface area contributed by atoms with Crippen molar-refractivity contribution in [3.63, 3.8) is 0 Å². The molecule has 0 unspecified atom stereocenters. The Morgan fingerprint density at radius 3 is 1.85 bits per heavy atom. The molecule has 1 fully saturated rings. The van der Waals surface area contributed by atoms with Crippen LogP contribution in [0.15, 0.2) is 83.8 Å². The third kappa shape index (κ3) is 5.75. The lowest BCUT2D eigenvalue weighted by molar-refractivity contribution is 0.0729. The van der Waals surface area contributed by atoms with Crippen molar-refractivity contribution < 1.29 is 13.2 Å². The molecular formula is C28H32N2O3S. The molecule has 5 nitrogen and oxygen atoms in total. The van der Waals surface area contributed by atoms with E-state index in [0.29, 0.717) is 31.7 Å². The van der Waals surface area contributed by atoms with Crippen molar-refractivity contribution >= 4 is 15.9 Å². The van der Waals surface area contributed by atoms with E-state index < -0.39 is 10.0 Å². The Labute approximate surface area is 203 Å². The lowest BCUT2D eigenvalue weighted by atomic mass is 10.1. The Morgan fingerprint density at radius 2 is 1.32 bits per heavy atom. The summed E-state index contributed by atoms with van der Waals surface area (Å²) in [6.45, 7) is 3.81. The van der Waals surface area contributed by atoms with Gasteiger partial charge in [-0.25, -0.2) is 8.42 Å². The maximum atomic E-state index is 13.8. The first-order chi connectivity index (χ1) is 16.4. The second-order valence-electron chi connectivity index (χ2n) is 8.93. The van der Waals surface area contributed by atoms with Gasteiger partial charge in [0, 0.05) is 31.7 Å². The molecular weight excluding hydrogens is 444 g/mol. The van der Waals surface area contributed by atoms with Gasteiger partial charge in [0.15, 0.2) is 0 Å². The number of hydrogen-bond donors (Lipinski definition) is 0. The van der Waals surface area contributed by atoms with Gasteiger partial charge in [-0.1, -0.05) is 79.6 Å². The Kier molecular flexibility index (Phi) is 7.80. The molecule has 0 aromatic heterocycles. The number of amides is 1. The highest BCUT2D eigenvalue weighted by molar-refractivity contribution is 7.89. The van der Waals surface area contributed by atoms with E-state index in [9.17, 15) is 13.2 Å². The summed E-state index contributed by atoms with van der Waals surface area (Å²) in [6, 6.07) is 24.7. The zero-order valence-electron chi connectivity index (χ0n) is 19.7. The minimum Gasteiger partial charge on any atom is -0.330 e. The Balaban J connectivity index is 1.66. The standard InChI is InChI=1S/C28H32N2O3S/c1-23-16-17-26(34(32,33)30-18-10-2-3-11-19-30)20-27(23)28(31)29(21-24-12-6-4-7-13-24)22-25-14-8-5-9-15-25/h4-9,12-17,20H,2-3,10-11,18-19,21-22H2,1H3. The first kappa shape index (κ1) is 24.2. The molecule has 4 rings (SSSR count). The molecule has 178 valence electrons. The summed E-state index contributed by atoms with van der Waals surface area (Å²) in [7, 11) is -3.64. The van der Waals surface area contributed by atoms with E-state index >= 15 is 0 Å². The second-order valence-corrected chi connectivity index (χ2v) is 10.9. The molecule has 1 aliphatic heterocycles. The van der Waals surface area contributed by atoms with Crippen LogP contribution in [0.4, 0.5) is 0 Å². The molecule has 0 spiro atoms. The summed E-state index contributed by atoms with van der Waals surface area (Å²) < 4.78 is 28.3. The van der Waals surface area contributed by atoms with Gasteiger partial charge < -0.3 is 4.90 Å². The van der Waals surface area contributed by atoms with Crippen molar-refractivity contribution in [1.82, 2.24) is 9.21 Å². The van der Waals surface area contributed by atoms with Gasteiger partial charge in [-0.15, -0.1) is 0 Å². The molecule has 1 saturated heterocycles. The van der Waals surface area contributed by atoms with Crippen LogP contribution in [-0.4, -0.2) is 36.6 Å². The van der Waals surface area contributed by atoms with Gasteiger partial charge >= 0.3 is 0 Å². The van der Waals surface area contributed by atoms with Crippen LogP contribution >= 0.6 is 0 Å². The van der Waals surface area contributed by atoms with Crippen molar-refractivity contribution in [2.24, 2.45) is 0 Å². The minimum absolute atomic E-state index is 0.168. The van der Waals surface area contributed by atoms with Gasteiger partial charge in [-0.05, 0) is 48.6 Å². The maximum absolute atomic E-state index is 13.8. The zero-order valence-corrected chi connectivity index (χ0v) is 20.5. The quantitative estimate of drug-likeness (QED) is 0.459. The average Bonchev–Trinajstić information content (AvgIpc) is 3.15. The van der Waals surface area contributed by atoms with Crippen LogP contribution in [-0.2, 0) is 23.1 Å². The van der Waals surface area contributed by atoms with Crippen molar-refractivity contribution in [2.75, 3.05) is 13.1 Å². The third-order valence-electron chi connectivity index (χ3n) is 6.36. The van der Waals surface area contributed by atoms with E-state index in [0.717, 1.165) is 42.4 Å². The van der Waals surface area contributed by atoms with Crippen LogP contribution in [0.5, 0.6) is 0 Å². The van der Waals surface area contributed by atoms with Gasteiger partial charge in [0.2, 0.25) is 10.0 Å². The summed E-state index contributed by atoms with van der Waals surface area (Å²) in [5, 5.41) is 0. The number of hydrogen-bond acceptors (Lipinski definition) is 3. The minimum atomic E-state index is -3.64. The Morgan fingerprint density at radius 1 is 0.794 bits per heavy atom. The molecule has 0 atom stereocenters.